The van der Waals surface area contributed by atoms with Crippen molar-refractivity contribution < 1.29 is 0 Å². The normalized spacial score (nSPS) is 18.3. The number of aryl methyl sites for hydroxylation is 1. The van der Waals surface area contributed by atoms with Gasteiger partial charge in [-0.1, -0.05) is 65.2 Å². The first-order valence-corrected chi connectivity index (χ1v) is 7.81. The first-order chi connectivity index (χ1) is 8.77. The van der Waals surface area contributed by atoms with Gasteiger partial charge in [-0.2, -0.15) is 0 Å². The van der Waals surface area contributed by atoms with Crippen LogP contribution >= 0.6 is 15.9 Å². The molecule has 0 bridgehead atoms. The fraction of sp³-hybridized carbons (Fsp3) is 0.412. The summed E-state index contributed by atoms with van der Waals surface area (Å²) in [6.45, 7) is 2.24. The lowest BCUT2D eigenvalue weighted by atomic mass is 9.90. The third-order valence-electron chi connectivity index (χ3n) is 4.28. The van der Waals surface area contributed by atoms with Gasteiger partial charge in [0.1, 0.15) is 0 Å². The van der Waals surface area contributed by atoms with Gasteiger partial charge in [0.05, 0.1) is 0 Å². The zero-order valence-electron chi connectivity index (χ0n) is 10.8. The van der Waals surface area contributed by atoms with E-state index in [2.05, 4.69) is 59.3 Å². The van der Waals surface area contributed by atoms with Gasteiger partial charge in [0.15, 0.2) is 0 Å². The van der Waals surface area contributed by atoms with Gasteiger partial charge in [0.2, 0.25) is 0 Å². The van der Waals surface area contributed by atoms with E-state index < -0.39 is 0 Å². The van der Waals surface area contributed by atoms with Crippen LogP contribution in [0.15, 0.2) is 36.4 Å². The molecule has 0 aliphatic heterocycles. The summed E-state index contributed by atoms with van der Waals surface area (Å²) in [5, 5.41) is 2.78. The summed E-state index contributed by atoms with van der Waals surface area (Å²) < 4.78 is 0. The van der Waals surface area contributed by atoms with Gasteiger partial charge in [-0.3, -0.25) is 0 Å². The van der Waals surface area contributed by atoms with Gasteiger partial charge < -0.3 is 0 Å². The van der Waals surface area contributed by atoms with Gasteiger partial charge in [-0.15, -0.1) is 0 Å². The monoisotopic (exact) mass is 302 g/mol. The fourth-order valence-electron chi connectivity index (χ4n) is 3.26. The maximum absolute atomic E-state index is 3.98. The van der Waals surface area contributed by atoms with Crippen molar-refractivity contribution in [2.75, 3.05) is 0 Å². The molecular weight excluding hydrogens is 284 g/mol. The van der Waals surface area contributed by atoms with Crippen molar-refractivity contribution in [2.45, 2.75) is 37.4 Å². The predicted molar refractivity (Wildman–Crippen MR) is 82.3 cm³/mol. The Kier molecular flexibility index (Phi) is 3.43. The molecule has 1 aliphatic carbocycles. The van der Waals surface area contributed by atoms with Crippen molar-refractivity contribution >= 4 is 26.7 Å². The molecule has 0 amide bonds. The van der Waals surface area contributed by atoms with Crippen LogP contribution in [0.4, 0.5) is 0 Å². The Bertz CT molecular complexity index is 553. The van der Waals surface area contributed by atoms with Crippen LogP contribution in [0.3, 0.4) is 0 Å². The van der Waals surface area contributed by atoms with Gasteiger partial charge >= 0.3 is 0 Å². The van der Waals surface area contributed by atoms with Gasteiger partial charge in [-0.05, 0) is 47.6 Å². The van der Waals surface area contributed by atoms with Gasteiger partial charge in [0.25, 0.3) is 0 Å². The number of rotatable bonds is 2. The molecule has 0 nitrogen and oxygen atoms in total. The predicted octanol–water partition coefficient (Wildman–Crippen LogP) is 5.77. The number of halogens is 1. The molecule has 0 N–H and O–H groups in total. The van der Waals surface area contributed by atoms with Crippen molar-refractivity contribution in [1.29, 1.82) is 0 Å². The van der Waals surface area contributed by atoms with E-state index in [4.69, 9.17) is 0 Å². The van der Waals surface area contributed by atoms with E-state index >= 15 is 0 Å². The molecule has 1 aliphatic rings. The lowest BCUT2D eigenvalue weighted by Gasteiger charge is -2.21. The maximum Gasteiger partial charge on any atom is 0.0432 e. The number of benzene rings is 2. The second-order valence-corrected chi connectivity index (χ2v) is 6.45. The number of fused-ring (bicyclic) bond motifs is 1. The largest absolute Gasteiger partial charge is 0.0835 e. The molecule has 1 heteroatoms. The minimum absolute atomic E-state index is 0.520. The van der Waals surface area contributed by atoms with Crippen molar-refractivity contribution in [2.24, 2.45) is 5.92 Å². The molecule has 0 heterocycles. The van der Waals surface area contributed by atoms with Gasteiger partial charge in [0, 0.05) is 4.83 Å². The van der Waals surface area contributed by atoms with E-state index in [0.717, 1.165) is 5.92 Å². The maximum atomic E-state index is 3.98. The molecule has 0 spiro atoms. The van der Waals surface area contributed by atoms with Crippen LogP contribution in [0.1, 0.15) is 41.6 Å². The van der Waals surface area contributed by atoms with Crippen LogP contribution in [0.5, 0.6) is 0 Å². The summed E-state index contributed by atoms with van der Waals surface area (Å²) in [6.07, 6.45) is 5.55. The summed E-state index contributed by atoms with van der Waals surface area (Å²) in [6, 6.07) is 13.3. The first kappa shape index (κ1) is 12.2. The second kappa shape index (κ2) is 5.05. The Morgan fingerprint density at radius 1 is 1.06 bits per heavy atom. The molecule has 1 unspecified atom stereocenters. The highest BCUT2D eigenvalue weighted by Gasteiger charge is 2.26. The number of hydrogen-bond donors (Lipinski definition) is 0. The van der Waals surface area contributed by atoms with E-state index in [1.807, 2.05) is 0 Å². The third kappa shape index (κ3) is 2.09. The van der Waals surface area contributed by atoms with E-state index in [9.17, 15) is 0 Å². The number of alkyl halides is 1. The van der Waals surface area contributed by atoms with Crippen LogP contribution in [0, 0.1) is 12.8 Å². The van der Waals surface area contributed by atoms with E-state index in [0.29, 0.717) is 4.83 Å². The lowest BCUT2D eigenvalue weighted by Crippen LogP contribution is -2.05. The van der Waals surface area contributed by atoms with Crippen LogP contribution in [0.25, 0.3) is 10.8 Å². The third-order valence-corrected chi connectivity index (χ3v) is 5.48. The zero-order chi connectivity index (χ0) is 12.5. The average Bonchev–Trinajstić information content (AvgIpc) is 2.92. The molecule has 2 aromatic carbocycles. The molecule has 1 fully saturated rings. The molecule has 1 atom stereocenters. The van der Waals surface area contributed by atoms with Crippen molar-refractivity contribution in [3.05, 3.63) is 47.5 Å². The van der Waals surface area contributed by atoms with Crippen LogP contribution in [-0.4, -0.2) is 0 Å². The van der Waals surface area contributed by atoms with Crippen molar-refractivity contribution in [1.82, 2.24) is 0 Å². The minimum atomic E-state index is 0.520. The Labute approximate surface area is 118 Å². The van der Waals surface area contributed by atoms with Crippen LogP contribution in [-0.2, 0) is 0 Å². The molecule has 0 saturated heterocycles. The molecule has 0 aromatic heterocycles. The smallest absolute Gasteiger partial charge is 0.0432 e. The molecule has 18 heavy (non-hydrogen) atoms. The van der Waals surface area contributed by atoms with E-state index in [1.54, 1.807) is 0 Å². The van der Waals surface area contributed by atoms with Crippen molar-refractivity contribution in [3.63, 3.8) is 0 Å². The van der Waals surface area contributed by atoms with Crippen LogP contribution < -0.4 is 0 Å². The topological polar surface area (TPSA) is 0 Å². The van der Waals surface area contributed by atoms with Gasteiger partial charge in [-0.25, -0.2) is 0 Å². The Morgan fingerprint density at radius 2 is 1.78 bits per heavy atom. The van der Waals surface area contributed by atoms with Crippen molar-refractivity contribution in [3.8, 4) is 0 Å². The standard InChI is InChI=1S/C17H19Br/c1-12-10-11-13-6-4-5-9-15(13)16(12)17(18)14-7-2-3-8-14/h4-6,9-11,14,17H,2-3,7-8H2,1H3. The summed E-state index contributed by atoms with van der Waals surface area (Å²) in [5.41, 5.74) is 2.93. The summed E-state index contributed by atoms with van der Waals surface area (Å²) >= 11 is 3.98. The summed E-state index contributed by atoms with van der Waals surface area (Å²) in [4.78, 5) is 0.520. The quantitative estimate of drug-likeness (QED) is 0.617. The Hall–Kier alpha value is -0.820. The average molecular weight is 303 g/mol. The summed E-state index contributed by atoms with van der Waals surface area (Å²) in [5.74, 6) is 0.814. The van der Waals surface area contributed by atoms with E-state index in [1.165, 1.54) is 47.6 Å². The first-order valence-electron chi connectivity index (χ1n) is 6.89. The number of hydrogen-bond acceptors (Lipinski definition) is 0. The highest BCUT2D eigenvalue weighted by atomic mass is 79.9. The minimum Gasteiger partial charge on any atom is -0.0835 e. The highest BCUT2D eigenvalue weighted by molar-refractivity contribution is 9.09. The van der Waals surface area contributed by atoms with E-state index in [-0.39, 0.29) is 0 Å². The summed E-state index contributed by atoms with van der Waals surface area (Å²) in [7, 11) is 0. The lowest BCUT2D eigenvalue weighted by molar-refractivity contribution is 0.542. The molecular formula is C17H19Br. The molecule has 94 valence electrons. The molecule has 2 aromatic rings. The zero-order valence-corrected chi connectivity index (χ0v) is 12.4. The SMILES string of the molecule is Cc1ccc2ccccc2c1C(Br)C1CCCC1. The van der Waals surface area contributed by atoms with Crippen LogP contribution in [0.2, 0.25) is 0 Å². The Balaban J connectivity index is 2.11. The molecule has 1 saturated carbocycles. The molecule has 3 rings (SSSR count). The Morgan fingerprint density at radius 3 is 2.56 bits per heavy atom. The fourth-order valence-corrected chi connectivity index (χ4v) is 4.39. The molecule has 0 radical (unpaired) electrons. The highest BCUT2D eigenvalue weighted by Crippen LogP contribution is 2.44. The second-order valence-electron chi connectivity index (χ2n) is 5.46.